The van der Waals surface area contributed by atoms with Crippen molar-refractivity contribution in [2.75, 3.05) is 20.3 Å². The number of rotatable bonds is 7. The van der Waals surface area contributed by atoms with E-state index in [2.05, 4.69) is 26.8 Å². The SMILES string of the molecule is CO[C@H]1[C@@H]2O[C@@H]2[C@H](OCC2C[C@@H]3[C@H](C)CC[C@H]3C3(CO)CC4C=C(C(C)C)C3(C(=O)O)C42)O[C@@H]1C. The van der Waals surface area contributed by atoms with Crippen LogP contribution in [0, 0.1) is 52.3 Å². The van der Waals surface area contributed by atoms with Crippen LogP contribution >= 0.6 is 0 Å². The van der Waals surface area contributed by atoms with Gasteiger partial charge in [0, 0.05) is 12.5 Å². The number of hydrogen-bond acceptors (Lipinski definition) is 6. The summed E-state index contributed by atoms with van der Waals surface area (Å²) >= 11 is 0. The molecule has 4 bridgehead atoms. The molecule has 2 heterocycles. The lowest BCUT2D eigenvalue weighted by Gasteiger charge is -2.51. The summed E-state index contributed by atoms with van der Waals surface area (Å²) in [6, 6.07) is 0. The largest absolute Gasteiger partial charge is 0.481 e. The standard InChI is InChI=1S/C28H42O7/c1-13(2)20-9-16-10-27(12-29)19-7-6-14(3)18(19)8-17(21(16)28(20,27)26(30)31)11-33-25-24-23(35-24)22(32-5)15(4)34-25/h9,13-19,21-25,29H,6-8,10-12H2,1-5H3,(H,30,31)/t14-,15-,16?,17?,18-,19-,21?,22-,23+,24+,25-,27?,28?/m1/s1. The molecule has 7 heteroatoms. The zero-order valence-electron chi connectivity index (χ0n) is 21.7. The number of methoxy groups -OCH3 is 1. The van der Waals surface area contributed by atoms with Crippen molar-refractivity contribution >= 4 is 5.97 Å². The van der Waals surface area contributed by atoms with Gasteiger partial charge in [0.2, 0.25) is 0 Å². The van der Waals surface area contributed by atoms with E-state index in [1.165, 1.54) is 0 Å². The van der Waals surface area contributed by atoms with Crippen molar-refractivity contribution in [2.24, 2.45) is 52.3 Å². The molecule has 7 nitrogen and oxygen atoms in total. The van der Waals surface area contributed by atoms with Crippen LogP contribution in [0.3, 0.4) is 0 Å². The molecule has 2 N–H and O–H groups in total. The van der Waals surface area contributed by atoms with Crippen LogP contribution in [-0.4, -0.2) is 67.2 Å². The maximum Gasteiger partial charge on any atom is 0.314 e. The molecule has 0 aromatic rings. The van der Waals surface area contributed by atoms with Crippen LogP contribution in [0.4, 0.5) is 0 Å². The second-order valence-electron chi connectivity index (χ2n) is 12.7. The first-order chi connectivity index (χ1) is 16.7. The summed E-state index contributed by atoms with van der Waals surface area (Å²) in [7, 11) is 1.68. The Hall–Kier alpha value is -0.990. The van der Waals surface area contributed by atoms with Crippen molar-refractivity contribution in [3.63, 3.8) is 0 Å². The number of epoxide rings is 1. The van der Waals surface area contributed by atoms with E-state index in [4.69, 9.17) is 18.9 Å². The fourth-order valence-electron chi connectivity index (χ4n) is 9.90. The first-order valence-corrected chi connectivity index (χ1v) is 13.7. The molecule has 0 aromatic heterocycles. The molecule has 5 unspecified atom stereocenters. The maximum atomic E-state index is 13.5. The number of ether oxygens (including phenoxy) is 4. The van der Waals surface area contributed by atoms with Crippen LogP contribution in [-0.2, 0) is 23.7 Å². The van der Waals surface area contributed by atoms with Gasteiger partial charge >= 0.3 is 5.97 Å². The molecule has 196 valence electrons. The van der Waals surface area contributed by atoms with Crippen LogP contribution in [0.25, 0.3) is 0 Å². The third kappa shape index (κ3) is 3.05. The molecular formula is C28H42O7. The quantitative estimate of drug-likeness (QED) is 0.416. The maximum absolute atomic E-state index is 13.5. The Labute approximate surface area is 208 Å². The number of aliphatic carboxylic acids is 1. The number of allylic oxidation sites excluding steroid dienone is 1. The van der Waals surface area contributed by atoms with Gasteiger partial charge < -0.3 is 29.2 Å². The van der Waals surface area contributed by atoms with Gasteiger partial charge in [-0.1, -0.05) is 38.8 Å². The molecule has 13 atom stereocenters. The zero-order valence-corrected chi connectivity index (χ0v) is 21.7. The average molecular weight is 491 g/mol. The Morgan fingerprint density at radius 1 is 1.23 bits per heavy atom. The minimum atomic E-state index is -1.02. The van der Waals surface area contributed by atoms with E-state index in [0.29, 0.717) is 18.4 Å². The predicted octanol–water partition coefficient (Wildman–Crippen LogP) is 3.49. The van der Waals surface area contributed by atoms with Crippen LogP contribution < -0.4 is 0 Å². The van der Waals surface area contributed by atoms with E-state index >= 15 is 0 Å². The number of carbonyl (C=O) groups is 1. The summed E-state index contributed by atoms with van der Waals surface area (Å²) in [6.45, 7) is 8.96. The fraction of sp³-hybridized carbons (Fsp3) is 0.893. The highest BCUT2D eigenvalue weighted by Gasteiger charge is 2.77. The smallest absolute Gasteiger partial charge is 0.314 e. The van der Waals surface area contributed by atoms with Gasteiger partial charge in [-0.3, -0.25) is 4.79 Å². The van der Waals surface area contributed by atoms with E-state index in [-0.39, 0.29) is 60.6 Å². The topological polar surface area (TPSA) is 97.8 Å². The number of hydrogen-bond donors (Lipinski definition) is 2. The lowest BCUT2D eigenvalue weighted by Crippen LogP contribution is -2.55. The van der Waals surface area contributed by atoms with Crippen molar-refractivity contribution in [2.45, 2.75) is 84.1 Å². The third-order valence-electron chi connectivity index (χ3n) is 11.1. The summed E-state index contributed by atoms with van der Waals surface area (Å²) < 4.78 is 24.0. The molecule has 5 fully saturated rings. The molecular weight excluding hydrogens is 448 g/mol. The monoisotopic (exact) mass is 490 g/mol. The second-order valence-corrected chi connectivity index (χ2v) is 12.7. The lowest BCUT2D eigenvalue weighted by atomic mass is 9.52. The molecule has 0 spiro atoms. The Kier molecular flexibility index (Phi) is 5.74. The van der Waals surface area contributed by atoms with E-state index < -0.39 is 23.1 Å². The summed E-state index contributed by atoms with van der Waals surface area (Å²) in [5, 5.41) is 22.1. The Bertz CT molecular complexity index is 900. The van der Waals surface area contributed by atoms with E-state index in [9.17, 15) is 15.0 Å². The first kappa shape index (κ1) is 24.4. The van der Waals surface area contributed by atoms with Gasteiger partial charge in [0.15, 0.2) is 6.29 Å². The number of carboxylic acids is 1. The van der Waals surface area contributed by atoms with Crippen molar-refractivity contribution in [3.05, 3.63) is 11.6 Å². The van der Waals surface area contributed by atoms with Crippen molar-refractivity contribution in [3.8, 4) is 0 Å². The van der Waals surface area contributed by atoms with E-state index in [0.717, 1.165) is 31.3 Å². The van der Waals surface area contributed by atoms with Crippen LogP contribution in [0.5, 0.6) is 0 Å². The predicted molar refractivity (Wildman–Crippen MR) is 127 cm³/mol. The molecule has 0 radical (unpaired) electrons. The van der Waals surface area contributed by atoms with Gasteiger partial charge in [0.1, 0.15) is 23.7 Å². The molecule has 35 heavy (non-hydrogen) atoms. The van der Waals surface area contributed by atoms with Crippen LogP contribution in [0.1, 0.15) is 53.4 Å². The fourth-order valence-corrected chi connectivity index (χ4v) is 9.90. The van der Waals surface area contributed by atoms with E-state index in [1.54, 1.807) is 7.11 Å². The van der Waals surface area contributed by atoms with Gasteiger partial charge in [-0.25, -0.2) is 0 Å². The summed E-state index contributed by atoms with van der Waals surface area (Å²) in [4.78, 5) is 13.5. The van der Waals surface area contributed by atoms with Crippen LogP contribution in [0.2, 0.25) is 0 Å². The van der Waals surface area contributed by atoms with Gasteiger partial charge in [-0.2, -0.15) is 0 Å². The molecule has 0 amide bonds. The highest BCUT2D eigenvalue weighted by Crippen LogP contribution is 2.77. The molecule has 6 aliphatic rings. The minimum Gasteiger partial charge on any atom is -0.481 e. The normalized spacial score (nSPS) is 53.8. The van der Waals surface area contributed by atoms with Crippen molar-refractivity contribution < 1.29 is 34.0 Å². The zero-order chi connectivity index (χ0) is 24.9. The molecule has 4 aliphatic carbocycles. The van der Waals surface area contributed by atoms with Crippen molar-refractivity contribution in [1.29, 1.82) is 0 Å². The average Bonchev–Trinajstić information content (AvgIpc) is 3.34. The first-order valence-electron chi connectivity index (χ1n) is 13.7. The van der Waals surface area contributed by atoms with Gasteiger partial charge in [-0.15, -0.1) is 0 Å². The number of carboxylic acid groups (broad SMARTS) is 1. The molecule has 3 saturated carbocycles. The number of fused-ring (bicyclic) bond motifs is 3. The molecule has 2 aliphatic heterocycles. The highest BCUT2D eigenvalue weighted by molar-refractivity contribution is 5.83. The molecule has 0 aromatic carbocycles. The minimum absolute atomic E-state index is 0.00592. The van der Waals surface area contributed by atoms with Crippen molar-refractivity contribution in [1.82, 2.24) is 0 Å². The summed E-state index contributed by atoms with van der Waals surface area (Å²) in [5.41, 5.74) is -0.557. The van der Waals surface area contributed by atoms with E-state index in [1.807, 2.05) is 6.92 Å². The molecule has 2 saturated heterocycles. The summed E-state index contributed by atoms with van der Waals surface area (Å²) in [6.07, 6.45) is 5.37. The Morgan fingerprint density at radius 3 is 2.66 bits per heavy atom. The Balaban J connectivity index is 1.35. The third-order valence-corrected chi connectivity index (χ3v) is 11.1. The van der Waals surface area contributed by atoms with Gasteiger partial charge in [-0.05, 0) is 67.6 Å². The summed E-state index contributed by atoms with van der Waals surface area (Å²) in [5.74, 6) is 0.813. The Morgan fingerprint density at radius 2 is 2.00 bits per heavy atom. The lowest BCUT2D eigenvalue weighted by molar-refractivity contribution is -0.217. The van der Waals surface area contributed by atoms with Gasteiger partial charge in [0.05, 0.1) is 19.3 Å². The van der Waals surface area contributed by atoms with Crippen LogP contribution in [0.15, 0.2) is 11.6 Å². The highest BCUT2D eigenvalue weighted by atomic mass is 16.7. The number of aliphatic hydroxyl groups is 1. The second kappa shape index (κ2) is 8.26. The van der Waals surface area contributed by atoms with Gasteiger partial charge in [0.25, 0.3) is 0 Å². The molecule has 6 rings (SSSR count). The number of aliphatic hydroxyl groups excluding tert-OH is 1.